The zero-order valence-electron chi connectivity index (χ0n) is 19.4. The third kappa shape index (κ3) is 5.91. The number of carbonyl (C=O) groups excluding carboxylic acids is 2. The number of fused-ring (bicyclic) bond motifs is 1. The minimum absolute atomic E-state index is 0.0835. The topological polar surface area (TPSA) is 91.3 Å². The number of urea groups is 1. The summed E-state index contributed by atoms with van der Waals surface area (Å²) in [5.41, 5.74) is 2.01. The minimum Gasteiger partial charge on any atom is -0.349 e. The number of nitrogens with one attached hydrogen (secondary N) is 3. The van der Waals surface area contributed by atoms with Gasteiger partial charge in [-0.15, -0.1) is 0 Å². The average Bonchev–Trinajstić information content (AvgIpc) is 3.21. The van der Waals surface area contributed by atoms with Crippen molar-refractivity contribution < 1.29 is 14.0 Å². The van der Waals surface area contributed by atoms with Gasteiger partial charge in [-0.25, -0.2) is 9.18 Å². The first-order valence-electron chi connectivity index (χ1n) is 11.8. The number of para-hydroxylation sites is 1. The molecule has 9 heteroatoms. The highest BCUT2D eigenvalue weighted by Gasteiger charge is 2.21. The van der Waals surface area contributed by atoms with Crippen LogP contribution in [-0.2, 0) is 6.54 Å². The SMILES string of the molecule is CCCn1nc(C(=O)NCCN2CCC(NC(=O)Nc3ccc(F)cc3)CC2)c2ccccc21. The third-order valence-electron chi connectivity index (χ3n) is 6.05. The van der Waals surface area contributed by atoms with Gasteiger partial charge in [-0.3, -0.25) is 9.48 Å². The number of carbonyl (C=O) groups is 2. The van der Waals surface area contributed by atoms with Crippen LogP contribution in [0.1, 0.15) is 36.7 Å². The maximum absolute atomic E-state index is 13.0. The predicted molar refractivity (Wildman–Crippen MR) is 130 cm³/mol. The van der Waals surface area contributed by atoms with Crippen LogP contribution in [0, 0.1) is 5.82 Å². The van der Waals surface area contributed by atoms with Crippen LogP contribution in [0.15, 0.2) is 48.5 Å². The lowest BCUT2D eigenvalue weighted by atomic mass is 10.1. The number of nitrogens with zero attached hydrogens (tertiary/aromatic N) is 3. The lowest BCUT2D eigenvalue weighted by Crippen LogP contribution is -2.47. The second kappa shape index (κ2) is 11.1. The van der Waals surface area contributed by atoms with Gasteiger partial charge < -0.3 is 20.9 Å². The van der Waals surface area contributed by atoms with E-state index < -0.39 is 0 Å². The molecule has 2 heterocycles. The van der Waals surface area contributed by atoms with E-state index in [-0.39, 0.29) is 23.8 Å². The van der Waals surface area contributed by atoms with E-state index >= 15 is 0 Å². The van der Waals surface area contributed by atoms with Crippen molar-refractivity contribution in [3.8, 4) is 0 Å². The number of hydrogen-bond donors (Lipinski definition) is 3. The molecule has 3 aromatic rings. The number of aryl methyl sites for hydroxylation is 1. The normalized spacial score (nSPS) is 14.8. The Bertz CT molecular complexity index is 1120. The molecule has 2 aromatic carbocycles. The van der Waals surface area contributed by atoms with E-state index in [1.54, 1.807) is 0 Å². The van der Waals surface area contributed by atoms with Gasteiger partial charge in [0.1, 0.15) is 5.82 Å². The first-order chi connectivity index (χ1) is 16.5. The van der Waals surface area contributed by atoms with Gasteiger partial charge in [0.15, 0.2) is 5.69 Å². The molecule has 34 heavy (non-hydrogen) atoms. The molecular weight excluding hydrogens is 435 g/mol. The third-order valence-corrected chi connectivity index (χ3v) is 6.05. The standard InChI is InChI=1S/C25H31FN6O2/c1-2-14-32-22-6-4-3-5-21(22)23(30-32)24(33)27-13-17-31-15-11-20(12-16-31)29-25(34)28-19-9-7-18(26)8-10-19/h3-10,20H,2,11-17H2,1H3,(H,27,33)(H2,28,29,34). The Morgan fingerprint density at radius 1 is 1.06 bits per heavy atom. The van der Waals surface area contributed by atoms with Crippen molar-refractivity contribution in [3.05, 3.63) is 60.0 Å². The molecule has 0 bridgehead atoms. The van der Waals surface area contributed by atoms with E-state index in [2.05, 4.69) is 32.9 Å². The average molecular weight is 467 g/mol. The molecule has 0 radical (unpaired) electrons. The Hall–Kier alpha value is -3.46. The van der Waals surface area contributed by atoms with Crippen LogP contribution in [0.4, 0.5) is 14.9 Å². The Balaban J connectivity index is 1.20. The summed E-state index contributed by atoms with van der Waals surface area (Å²) in [7, 11) is 0. The highest BCUT2D eigenvalue weighted by atomic mass is 19.1. The summed E-state index contributed by atoms with van der Waals surface area (Å²) in [6.45, 7) is 5.83. The van der Waals surface area contributed by atoms with E-state index in [9.17, 15) is 14.0 Å². The van der Waals surface area contributed by atoms with Gasteiger partial charge in [0.2, 0.25) is 0 Å². The van der Waals surface area contributed by atoms with Crippen LogP contribution in [-0.4, -0.2) is 58.8 Å². The highest BCUT2D eigenvalue weighted by Crippen LogP contribution is 2.19. The number of aromatic nitrogens is 2. The molecule has 1 aliphatic rings. The Labute approximate surface area is 198 Å². The molecule has 3 amide bonds. The van der Waals surface area contributed by atoms with Gasteiger partial charge >= 0.3 is 6.03 Å². The van der Waals surface area contributed by atoms with Crippen molar-refractivity contribution in [1.82, 2.24) is 25.3 Å². The zero-order valence-corrected chi connectivity index (χ0v) is 19.4. The molecule has 4 rings (SSSR count). The quantitative estimate of drug-likeness (QED) is 0.473. The number of likely N-dealkylation sites (tertiary alicyclic amines) is 1. The number of halogens is 1. The van der Waals surface area contributed by atoms with E-state index in [0.717, 1.165) is 56.3 Å². The second-order valence-corrected chi connectivity index (χ2v) is 8.57. The monoisotopic (exact) mass is 466 g/mol. The van der Waals surface area contributed by atoms with Crippen molar-refractivity contribution in [2.45, 2.75) is 38.8 Å². The molecule has 0 spiro atoms. The first-order valence-corrected chi connectivity index (χ1v) is 11.8. The van der Waals surface area contributed by atoms with Crippen molar-refractivity contribution in [3.63, 3.8) is 0 Å². The molecule has 8 nitrogen and oxygen atoms in total. The molecular formula is C25H31FN6O2. The van der Waals surface area contributed by atoms with Crippen LogP contribution in [0.3, 0.4) is 0 Å². The Morgan fingerprint density at radius 2 is 1.79 bits per heavy atom. The number of anilines is 1. The molecule has 1 aliphatic heterocycles. The number of hydrogen-bond acceptors (Lipinski definition) is 4. The van der Waals surface area contributed by atoms with Crippen LogP contribution in [0.25, 0.3) is 10.9 Å². The van der Waals surface area contributed by atoms with Gasteiger partial charge in [-0.2, -0.15) is 5.10 Å². The van der Waals surface area contributed by atoms with Gasteiger partial charge in [0.25, 0.3) is 5.91 Å². The second-order valence-electron chi connectivity index (χ2n) is 8.57. The number of rotatable bonds is 8. The summed E-state index contributed by atoms with van der Waals surface area (Å²) in [5, 5.41) is 14.1. The van der Waals surface area contributed by atoms with Gasteiger partial charge in [-0.05, 0) is 49.6 Å². The van der Waals surface area contributed by atoms with E-state index in [0.29, 0.717) is 17.9 Å². The molecule has 0 saturated carbocycles. The summed E-state index contributed by atoms with van der Waals surface area (Å²) in [4.78, 5) is 27.2. The van der Waals surface area contributed by atoms with Crippen molar-refractivity contribution >= 4 is 28.5 Å². The molecule has 0 aliphatic carbocycles. The van der Waals surface area contributed by atoms with Gasteiger partial charge in [0, 0.05) is 49.8 Å². The first kappa shape index (κ1) is 23.7. The molecule has 180 valence electrons. The maximum atomic E-state index is 13.0. The van der Waals surface area contributed by atoms with E-state index in [1.165, 1.54) is 24.3 Å². The van der Waals surface area contributed by atoms with Crippen LogP contribution < -0.4 is 16.0 Å². The summed E-state index contributed by atoms with van der Waals surface area (Å²) < 4.78 is 14.9. The van der Waals surface area contributed by atoms with Crippen molar-refractivity contribution in [2.75, 3.05) is 31.5 Å². The Morgan fingerprint density at radius 3 is 2.53 bits per heavy atom. The smallest absolute Gasteiger partial charge is 0.319 e. The summed E-state index contributed by atoms with van der Waals surface area (Å²) in [6.07, 6.45) is 2.61. The summed E-state index contributed by atoms with van der Waals surface area (Å²) in [6, 6.07) is 13.3. The van der Waals surface area contributed by atoms with Gasteiger partial charge in [-0.1, -0.05) is 25.1 Å². The fourth-order valence-corrected chi connectivity index (χ4v) is 4.28. The van der Waals surface area contributed by atoms with Crippen molar-refractivity contribution in [1.29, 1.82) is 0 Å². The number of benzene rings is 2. The van der Waals surface area contributed by atoms with Crippen molar-refractivity contribution in [2.24, 2.45) is 0 Å². The minimum atomic E-state index is -0.339. The predicted octanol–water partition coefficient (Wildman–Crippen LogP) is 3.60. The lowest BCUT2D eigenvalue weighted by Gasteiger charge is -2.32. The van der Waals surface area contributed by atoms with E-state index in [4.69, 9.17) is 0 Å². The molecule has 1 aromatic heterocycles. The zero-order chi connectivity index (χ0) is 23.9. The largest absolute Gasteiger partial charge is 0.349 e. The van der Waals surface area contributed by atoms with Crippen LogP contribution in [0.2, 0.25) is 0 Å². The highest BCUT2D eigenvalue weighted by molar-refractivity contribution is 6.04. The molecule has 3 N–H and O–H groups in total. The van der Waals surface area contributed by atoms with Crippen LogP contribution in [0.5, 0.6) is 0 Å². The van der Waals surface area contributed by atoms with E-state index in [1.807, 2.05) is 28.9 Å². The molecule has 1 saturated heterocycles. The molecule has 1 fully saturated rings. The van der Waals surface area contributed by atoms with Gasteiger partial charge in [0.05, 0.1) is 5.52 Å². The molecule has 0 unspecified atom stereocenters. The number of amides is 3. The van der Waals surface area contributed by atoms with Crippen LogP contribution >= 0.6 is 0 Å². The molecule has 0 atom stereocenters. The lowest BCUT2D eigenvalue weighted by molar-refractivity contribution is 0.0940. The Kier molecular flexibility index (Phi) is 7.74. The fourth-order valence-electron chi connectivity index (χ4n) is 4.28. The fraction of sp³-hybridized carbons (Fsp3) is 0.400. The summed E-state index contributed by atoms with van der Waals surface area (Å²) >= 11 is 0. The number of piperidine rings is 1. The maximum Gasteiger partial charge on any atom is 0.319 e. The summed E-state index contributed by atoms with van der Waals surface area (Å²) in [5.74, 6) is -0.492.